The van der Waals surface area contributed by atoms with Crippen molar-refractivity contribution in [1.82, 2.24) is 4.90 Å². The third-order valence-corrected chi connectivity index (χ3v) is 2.48. The number of aliphatic hydroxyl groups excluding tert-OH is 1. The van der Waals surface area contributed by atoms with E-state index in [9.17, 15) is 9.90 Å². The van der Waals surface area contributed by atoms with Gasteiger partial charge in [0.05, 0.1) is 12.1 Å². The van der Waals surface area contributed by atoms with Crippen molar-refractivity contribution in [2.75, 3.05) is 6.54 Å². The molecule has 1 rings (SSSR count). The van der Waals surface area contributed by atoms with E-state index < -0.39 is 11.7 Å². The summed E-state index contributed by atoms with van der Waals surface area (Å²) in [5.41, 5.74) is -0.469. The Labute approximate surface area is 91.2 Å². The fourth-order valence-corrected chi connectivity index (χ4v) is 1.84. The molecule has 2 atom stereocenters. The Morgan fingerprint density at radius 1 is 1.53 bits per heavy atom. The fraction of sp³-hybridized carbons (Fsp3) is 0.909. The zero-order valence-electron chi connectivity index (χ0n) is 9.99. The lowest BCUT2D eigenvalue weighted by Crippen LogP contribution is -2.44. The standard InChI is InChI=1S/C11H21NO3/c1-8(13)9-6-5-7-12(9)10(14)15-11(2,3)4/h8-9,13H,5-7H2,1-4H3/t8-,9-/m1/s1. The highest BCUT2D eigenvalue weighted by Gasteiger charge is 2.34. The molecule has 0 aromatic carbocycles. The molecule has 0 aliphatic carbocycles. The van der Waals surface area contributed by atoms with Gasteiger partial charge in [0.25, 0.3) is 0 Å². The van der Waals surface area contributed by atoms with Crippen LogP contribution in [0.2, 0.25) is 0 Å². The van der Waals surface area contributed by atoms with Gasteiger partial charge in [-0.2, -0.15) is 0 Å². The van der Waals surface area contributed by atoms with E-state index in [1.807, 2.05) is 20.8 Å². The van der Waals surface area contributed by atoms with Crippen LogP contribution in [-0.4, -0.2) is 40.4 Å². The second-order valence-electron chi connectivity index (χ2n) is 5.12. The Morgan fingerprint density at radius 3 is 2.60 bits per heavy atom. The van der Waals surface area contributed by atoms with Gasteiger partial charge in [0.1, 0.15) is 5.60 Å². The Morgan fingerprint density at radius 2 is 2.13 bits per heavy atom. The average molecular weight is 215 g/mol. The van der Waals surface area contributed by atoms with Gasteiger partial charge in [-0.3, -0.25) is 0 Å². The van der Waals surface area contributed by atoms with Crippen LogP contribution in [0.1, 0.15) is 40.5 Å². The first-order valence-corrected chi connectivity index (χ1v) is 5.49. The molecule has 0 radical (unpaired) electrons. The van der Waals surface area contributed by atoms with Crippen molar-refractivity contribution >= 4 is 6.09 Å². The second-order valence-corrected chi connectivity index (χ2v) is 5.12. The molecule has 1 heterocycles. The lowest BCUT2D eigenvalue weighted by molar-refractivity contribution is 0.00801. The van der Waals surface area contributed by atoms with Gasteiger partial charge in [-0.1, -0.05) is 0 Å². The topological polar surface area (TPSA) is 49.8 Å². The molecule has 0 unspecified atom stereocenters. The number of carbonyl (C=O) groups excluding carboxylic acids is 1. The molecule has 1 aliphatic rings. The predicted octanol–water partition coefficient (Wildman–Crippen LogP) is 1.77. The van der Waals surface area contributed by atoms with Crippen LogP contribution < -0.4 is 0 Å². The molecule has 15 heavy (non-hydrogen) atoms. The van der Waals surface area contributed by atoms with E-state index in [2.05, 4.69) is 0 Å². The third-order valence-electron chi connectivity index (χ3n) is 2.48. The Hall–Kier alpha value is -0.770. The molecule has 88 valence electrons. The molecule has 0 saturated carbocycles. The minimum Gasteiger partial charge on any atom is -0.444 e. The summed E-state index contributed by atoms with van der Waals surface area (Å²) < 4.78 is 5.28. The number of ether oxygens (including phenoxy) is 1. The highest BCUT2D eigenvalue weighted by molar-refractivity contribution is 5.69. The zero-order chi connectivity index (χ0) is 11.6. The second kappa shape index (κ2) is 4.39. The van der Waals surface area contributed by atoms with Crippen LogP contribution in [0.3, 0.4) is 0 Å². The number of likely N-dealkylation sites (tertiary alicyclic amines) is 1. The summed E-state index contributed by atoms with van der Waals surface area (Å²) >= 11 is 0. The van der Waals surface area contributed by atoms with Gasteiger partial charge in [-0.15, -0.1) is 0 Å². The largest absolute Gasteiger partial charge is 0.444 e. The third kappa shape index (κ3) is 3.38. The van der Waals surface area contributed by atoms with Crippen molar-refractivity contribution in [1.29, 1.82) is 0 Å². The molecule has 1 N–H and O–H groups in total. The summed E-state index contributed by atoms with van der Waals surface area (Å²) in [6.45, 7) is 7.94. The molecule has 0 bridgehead atoms. The lowest BCUT2D eigenvalue weighted by atomic mass is 10.1. The van der Waals surface area contributed by atoms with Crippen LogP contribution in [0.15, 0.2) is 0 Å². The number of carbonyl (C=O) groups is 1. The maximum atomic E-state index is 11.8. The number of hydrogen-bond donors (Lipinski definition) is 1. The highest BCUT2D eigenvalue weighted by Crippen LogP contribution is 2.22. The zero-order valence-corrected chi connectivity index (χ0v) is 9.99. The molecule has 4 heteroatoms. The van der Waals surface area contributed by atoms with Gasteiger partial charge in [0.2, 0.25) is 0 Å². The summed E-state index contributed by atoms with van der Waals surface area (Å²) in [5, 5.41) is 9.52. The summed E-state index contributed by atoms with van der Waals surface area (Å²) in [6, 6.07) is -0.0835. The first kappa shape index (κ1) is 12.3. The van der Waals surface area contributed by atoms with Gasteiger partial charge in [-0.25, -0.2) is 4.79 Å². The summed E-state index contributed by atoms with van der Waals surface area (Å²) in [7, 11) is 0. The molecular formula is C11H21NO3. The summed E-state index contributed by atoms with van der Waals surface area (Å²) in [6.07, 6.45) is 0.997. The number of nitrogens with zero attached hydrogens (tertiary/aromatic N) is 1. The fourth-order valence-electron chi connectivity index (χ4n) is 1.84. The van der Waals surface area contributed by atoms with E-state index in [1.165, 1.54) is 0 Å². The number of aliphatic hydroxyl groups is 1. The van der Waals surface area contributed by atoms with Crippen LogP contribution in [0.5, 0.6) is 0 Å². The smallest absolute Gasteiger partial charge is 0.410 e. The maximum Gasteiger partial charge on any atom is 0.410 e. The van der Waals surface area contributed by atoms with Gasteiger partial charge < -0.3 is 14.7 Å². The highest BCUT2D eigenvalue weighted by atomic mass is 16.6. The SMILES string of the molecule is C[C@@H](O)[C@H]1CCCN1C(=O)OC(C)(C)C. The monoisotopic (exact) mass is 215 g/mol. The van der Waals surface area contributed by atoms with Crippen LogP contribution >= 0.6 is 0 Å². The normalized spacial score (nSPS) is 24.1. The van der Waals surface area contributed by atoms with E-state index in [1.54, 1.807) is 11.8 Å². The van der Waals surface area contributed by atoms with E-state index in [0.717, 1.165) is 12.8 Å². The van der Waals surface area contributed by atoms with Crippen LogP contribution in [0.4, 0.5) is 4.79 Å². The van der Waals surface area contributed by atoms with Crippen molar-refractivity contribution in [2.24, 2.45) is 0 Å². The minimum absolute atomic E-state index is 0.0835. The molecule has 1 saturated heterocycles. The number of hydrogen-bond acceptors (Lipinski definition) is 3. The molecule has 1 amide bonds. The molecule has 1 fully saturated rings. The summed E-state index contributed by atoms with van der Waals surface area (Å²) in [5.74, 6) is 0. The van der Waals surface area contributed by atoms with Crippen LogP contribution in [0.25, 0.3) is 0 Å². The van der Waals surface area contributed by atoms with E-state index in [0.29, 0.717) is 6.54 Å². The Balaban J connectivity index is 2.59. The van der Waals surface area contributed by atoms with Gasteiger partial charge in [0.15, 0.2) is 0 Å². The van der Waals surface area contributed by atoms with Crippen molar-refractivity contribution in [3.05, 3.63) is 0 Å². The average Bonchev–Trinajstić information content (AvgIpc) is 2.47. The van der Waals surface area contributed by atoms with E-state index >= 15 is 0 Å². The molecular weight excluding hydrogens is 194 g/mol. The number of rotatable bonds is 1. The summed E-state index contributed by atoms with van der Waals surface area (Å²) in [4.78, 5) is 13.4. The Bertz CT molecular complexity index is 232. The number of amides is 1. The van der Waals surface area contributed by atoms with Crippen molar-refractivity contribution < 1.29 is 14.6 Å². The molecule has 0 aromatic rings. The van der Waals surface area contributed by atoms with E-state index in [-0.39, 0.29) is 12.1 Å². The lowest BCUT2D eigenvalue weighted by Gasteiger charge is -2.29. The first-order valence-electron chi connectivity index (χ1n) is 5.49. The van der Waals surface area contributed by atoms with Crippen molar-refractivity contribution in [3.8, 4) is 0 Å². The van der Waals surface area contributed by atoms with E-state index in [4.69, 9.17) is 4.74 Å². The van der Waals surface area contributed by atoms with Crippen molar-refractivity contribution in [2.45, 2.75) is 58.3 Å². The molecule has 4 nitrogen and oxygen atoms in total. The Kier molecular flexibility index (Phi) is 3.60. The van der Waals surface area contributed by atoms with Crippen molar-refractivity contribution in [3.63, 3.8) is 0 Å². The maximum absolute atomic E-state index is 11.8. The van der Waals surface area contributed by atoms with Gasteiger partial charge in [-0.05, 0) is 40.5 Å². The van der Waals surface area contributed by atoms with Gasteiger partial charge >= 0.3 is 6.09 Å². The first-order chi connectivity index (χ1) is 6.81. The van der Waals surface area contributed by atoms with Crippen LogP contribution in [-0.2, 0) is 4.74 Å². The molecule has 1 aliphatic heterocycles. The van der Waals surface area contributed by atoms with Gasteiger partial charge in [0, 0.05) is 6.54 Å². The van der Waals surface area contributed by atoms with Crippen LogP contribution in [0, 0.1) is 0 Å². The predicted molar refractivity (Wildman–Crippen MR) is 57.6 cm³/mol. The quantitative estimate of drug-likeness (QED) is 0.725. The minimum atomic E-state index is -0.486. The molecule has 0 spiro atoms. The molecule has 0 aromatic heterocycles.